The fourth-order valence-corrected chi connectivity index (χ4v) is 1.02. The van der Waals surface area contributed by atoms with Crippen molar-refractivity contribution >= 4 is 5.97 Å². The van der Waals surface area contributed by atoms with Gasteiger partial charge in [-0.25, -0.2) is 0 Å². The van der Waals surface area contributed by atoms with E-state index in [1.807, 2.05) is 25.8 Å². The van der Waals surface area contributed by atoms with E-state index >= 15 is 0 Å². The van der Waals surface area contributed by atoms with Gasteiger partial charge in [-0.3, -0.25) is 4.79 Å². The van der Waals surface area contributed by atoms with Gasteiger partial charge in [-0.1, -0.05) is 0 Å². The number of esters is 1. The Kier molecular flexibility index (Phi) is 5.95. The smallest absolute Gasteiger partial charge is 0.306 e. The van der Waals surface area contributed by atoms with E-state index in [0.717, 1.165) is 13.0 Å². The Labute approximate surface area is 91.8 Å². The highest BCUT2D eigenvalue weighted by atomic mass is 16.5. The van der Waals surface area contributed by atoms with Gasteiger partial charge >= 0.3 is 5.97 Å². The van der Waals surface area contributed by atoms with Crippen molar-refractivity contribution in [1.82, 2.24) is 4.90 Å². The van der Waals surface area contributed by atoms with Crippen LogP contribution in [0.25, 0.3) is 0 Å². The van der Waals surface area contributed by atoms with E-state index in [9.17, 15) is 4.79 Å². The van der Waals surface area contributed by atoms with Gasteiger partial charge in [0.2, 0.25) is 0 Å². The molecule has 0 aliphatic heterocycles. The Bertz CT molecular complexity index is 243. The Morgan fingerprint density at radius 3 is 2.53 bits per heavy atom. The quantitative estimate of drug-likeness (QED) is 0.625. The molecule has 86 valence electrons. The fourth-order valence-electron chi connectivity index (χ4n) is 1.02. The molecule has 0 saturated carbocycles. The second kappa shape index (κ2) is 6.41. The molecule has 0 fully saturated rings. The van der Waals surface area contributed by atoms with Crippen molar-refractivity contribution < 1.29 is 9.53 Å². The SMILES string of the molecule is COC(=O)CCN(C)CCC(C)(C)C#N. The van der Waals surface area contributed by atoms with Crippen LogP contribution < -0.4 is 0 Å². The van der Waals surface area contributed by atoms with Crippen molar-refractivity contribution in [3.8, 4) is 6.07 Å². The maximum Gasteiger partial charge on any atom is 0.306 e. The van der Waals surface area contributed by atoms with Crippen LogP contribution in [0, 0.1) is 16.7 Å². The molecule has 0 heterocycles. The minimum atomic E-state index is -0.292. The standard InChI is InChI=1S/C11H20N2O2/c1-11(2,9-12)6-8-13(3)7-5-10(14)15-4/h5-8H2,1-4H3. The molecule has 0 aromatic rings. The zero-order valence-corrected chi connectivity index (χ0v) is 10.0. The highest BCUT2D eigenvalue weighted by Gasteiger charge is 2.17. The van der Waals surface area contributed by atoms with Crippen molar-refractivity contribution in [3.63, 3.8) is 0 Å². The Balaban J connectivity index is 3.72. The Morgan fingerprint density at radius 2 is 2.07 bits per heavy atom. The molecule has 0 unspecified atom stereocenters. The topological polar surface area (TPSA) is 53.3 Å². The van der Waals surface area contributed by atoms with Gasteiger partial charge in [0.25, 0.3) is 0 Å². The first-order valence-corrected chi connectivity index (χ1v) is 5.08. The van der Waals surface area contributed by atoms with Gasteiger partial charge in [0.05, 0.1) is 25.0 Å². The number of ether oxygens (including phenoxy) is 1. The highest BCUT2D eigenvalue weighted by Crippen LogP contribution is 2.18. The average molecular weight is 212 g/mol. The third kappa shape index (κ3) is 6.92. The summed E-state index contributed by atoms with van der Waals surface area (Å²) in [6.45, 7) is 5.33. The zero-order valence-electron chi connectivity index (χ0n) is 10.0. The first-order valence-electron chi connectivity index (χ1n) is 5.08. The number of nitriles is 1. The molecular formula is C11H20N2O2. The van der Waals surface area contributed by atoms with Gasteiger partial charge in [0.15, 0.2) is 0 Å². The van der Waals surface area contributed by atoms with Crippen LogP contribution in [-0.4, -0.2) is 38.1 Å². The lowest BCUT2D eigenvalue weighted by Crippen LogP contribution is -2.26. The summed E-state index contributed by atoms with van der Waals surface area (Å²) >= 11 is 0. The van der Waals surface area contributed by atoms with E-state index < -0.39 is 0 Å². The van der Waals surface area contributed by atoms with E-state index in [1.54, 1.807) is 0 Å². The highest BCUT2D eigenvalue weighted by molar-refractivity contribution is 5.69. The lowest BCUT2D eigenvalue weighted by Gasteiger charge is -2.21. The van der Waals surface area contributed by atoms with Crippen LogP contribution in [0.3, 0.4) is 0 Å². The predicted molar refractivity (Wildman–Crippen MR) is 58.1 cm³/mol. The number of carbonyl (C=O) groups is 1. The zero-order chi connectivity index (χ0) is 11.9. The van der Waals surface area contributed by atoms with Crippen molar-refractivity contribution in [2.45, 2.75) is 26.7 Å². The van der Waals surface area contributed by atoms with E-state index in [-0.39, 0.29) is 11.4 Å². The van der Waals surface area contributed by atoms with Gasteiger partial charge in [0, 0.05) is 6.54 Å². The lowest BCUT2D eigenvalue weighted by atomic mass is 9.91. The van der Waals surface area contributed by atoms with Crippen molar-refractivity contribution in [2.24, 2.45) is 5.41 Å². The molecule has 0 saturated heterocycles. The average Bonchev–Trinajstić information content (AvgIpc) is 2.23. The Morgan fingerprint density at radius 1 is 1.47 bits per heavy atom. The van der Waals surface area contributed by atoms with Crippen LogP contribution in [0.15, 0.2) is 0 Å². The number of nitrogens with zero attached hydrogens (tertiary/aromatic N) is 2. The number of rotatable bonds is 6. The van der Waals surface area contributed by atoms with Crippen molar-refractivity contribution in [2.75, 3.05) is 27.2 Å². The molecule has 0 atom stereocenters. The van der Waals surface area contributed by atoms with E-state index in [1.165, 1.54) is 7.11 Å². The molecule has 0 N–H and O–H groups in total. The van der Waals surface area contributed by atoms with E-state index in [0.29, 0.717) is 13.0 Å². The summed E-state index contributed by atoms with van der Waals surface area (Å²) in [5.74, 6) is -0.193. The summed E-state index contributed by atoms with van der Waals surface area (Å²) < 4.78 is 4.55. The second-order valence-electron chi connectivity index (χ2n) is 4.38. The number of methoxy groups -OCH3 is 1. The number of hydrogen-bond acceptors (Lipinski definition) is 4. The first kappa shape index (κ1) is 13.9. The molecule has 0 radical (unpaired) electrons. The third-order valence-corrected chi connectivity index (χ3v) is 2.35. The second-order valence-corrected chi connectivity index (χ2v) is 4.38. The maximum absolute atomic E-state index is 10.9. The summed E-state index contributed by atoms with van der Waals surface area (Å²) in [4.78, 5) is 12.9. The van der Waals surface area contributed by atoms with Crippen molar-refractivity contribution in [1.29, 1.82) is 5.26 Å². The maximum atomic E-state index is 10.9. The molecule has 0 rings (SSSR count). The normalized spacial score (nSPS) is 11.2. The summed E-state index contributed by atoms with van der Waals surface area (Å²) in [6.07, 6.45) is 1.21. The summed E-state index contributed by atoms with van der Waals surface area (Å²) in [5.41, 5.74) is -0.292. The molecule has 0 bridgehead atoms. The predicted octanol–water partition coefficient (Wildman–Crippen LogP) is 1.42. The molecule has 15 heavy (non-hydrogen) atoms. The van der Waals surface area contributed by atoms with Crippen LogP contribution in [-0.2, 0) is 9.53 Å². The first-order chi connectivity index (χ1) is 6.91. The van der Waals surface area contributed by atoms with Gasteiger partial charge in [0.1, 0.15) is 0 Å². The van der Waals surface area contributed by atoms with Crippen molar-refractivity contribution in [3.05, 3.63) is 0 Å². The largest absolute Gasteiger partial charge is 0.469 e. The summed E-state index contributed by atoms with van der Waals surface area (Å²) in [7, 11) is 3.33. The molecule has 0 aliphatic carbocycles. The van der Waals surface area contributed by atoms with Crippen LogP contribution in [0.2, 0.25) is 0 Å². The van der Waals surface area contributed by atoms with Crippen LogP contribution in [0.4, 0.5) is 0 Å². The number of carbonyl (C=O) groups excluding carboxylic acids is 1. The van der Waals surface area contributed by atoms with E-state index in [4.69, 9.17) is 5.26 Å². The van der Waals surface area contributed by atoms with Crippen LogP contribution >= 0.6 is 0 Å². The third-order valence-electron chi connectivity index (χ3n) is 2.35. The monoisotopic (exact) mass is 212 g/mol. The van der Waals surface area contributed by atoms with E-state index in [2.05, 4.69) is 10.8 Å². The minimum absolute atomic E-state index is 0.193. The summed E-state index contributed by atoms with van der Waals surface area (Å²) in [5, 5.41) is 8.82. The molecular weight excluding hydrogens is 192 g/mol. The van der Waals surface area contributed by atoms with Gasteiger partial charge in [-0.05, 0) is 33.9 Å². The molecule has 4 heteroatoms. The molecule has 0 spiro atoms. The lowest BCUT2D eigenvalue weighted by molar-refractivity contribution is -0.140. The fraction of sp³-hybridized carbons (Fsp3) is 0.818. The Hall–Kier alpha value is -1.08. The van der Waals surface area contributed by atoms with Gasteiger partial charge < -0.3 is 9.64 Å². The molecule has 0 aromatic heterocycles. The molecule has 0 aromatic carbocycles. The minimum Gasteiger partial charge on any atom is -0.469 e. The molecule has 4 nitrogen and oxygen atoms in total. The van der Waals surface area contributed by atoms with Crippen LogP contribution in [0.5, 0.6) is 0 Å². The molecule has 0 aliphatic rings. The molecule has 0 amide bonds. The summed E-state index contributed by atoms with van der Waals surface area (Å²) in [6, 6.07) is 2.25. The van der Waals surface area contributed by atoms with Crippen LogP contribution in [0.1, 0.15) is 26.7 Å². The van der Waals surface area contributed by atoms with Gasteiger partial charge in [-0.15, -0.1) is 0 Å². The van der Waals surface area contributed by atoms with Gasteiger partial charge in [-0.2, -0.15) is 5.26 Å². The number of hydrogen-bond donors (Lipinski definition) is 0.